The Bertz CT molecular complexity index is 958. The number of aromatic nitrogens is 1. The first-order valence-corrected chi connectivity index (χ1v) is 8.65. The number of carbonyl (C=O) groups is 2. The van der Waals surface area contributed by atoms with Crippen LogP contribution < -0.4 is 0 Å². The van der Waals surface area contributed by atoms with Crippen molar-refractivity contribution in [3.8, 4) is 0 Å². The second-order valence-corrected chi connectivity index (χ2v) is 6.74. The van der Waals surface area contributed by atoms with Gasteiger partial charge < -0.3 is 19.6 Å². The molecule has 7 nitrogen and oxygen atoms in total. The van der Waals surface area contributed by atoms with Crippen molar-refractivity contribution in [3.63, 3.8) is 0 Å². The van der Waals surface area contributed by atoms with Crippen molar-refractivity contribution in [2.45, 2.75) is 25.5 Å². The highest BCUT2D eigenvalue weighted by Gasteiger charge is 2.57. The molecule has 3 heterocycles. The number of hydrogen-bond donors (Lipinski definition) is 2. The highest BCUT2D eigenvalue weighted by molar-refractivity contribution is 6.05. The van der Waals surface area contributed by atoms with Crippen LogP contribution in [0.5, 0.6) is 0 Å². The largest absolute Gasteiger partial charge is 0.477 e. The quantitative estimate of drug-likeness (QED) is 0.787. The number of aliphatic carboxylic acids is 1. The highest BCUT2D eigenvalue weighted by atomic mass is 16.5. The fraction of sp³-hybridized carbons (Fsp3) is 0.250. The van der Waals surface area contributed by atoms with Gasteiger partial charge in [0.2, 0.25) is 5.91 Å². The van der Waals surface area contributed by atoms with Gasteiger partial charge in [-0.2, -0.15) is 0 Å². The zero-order valence-corrected chi connectivity index (χ0v) is 14.6. The zero-order chi connectivity index (χ0) is 19.1. The third kappa shape index (κ3) is 2.86. The average molecular weight is 366 g/mol. The molecule has 1 saturated heterocycles. The minimum atomic E-state index is -1.19. The van der Waals surface area contributed by atoms with Crippen molar-refractivity contribution in [1.29, 1.82) is 0 Å². The molecule has 27 heavy (non-hydrogen) atoms. The fourth-order valence-electron chi connectivity index (χ4n) is 3.75. The molecule has 0 aliphatic carbocycles. The standard InChI is InChI=1S/C20H18N2O5/c1-11(23)17-15-10-14(18(20(25)26)22(15)19(17)24)16-9-13(21-27-16)8-7-12-5-3-2-4-6-12/h2-9,11,15,17,23H,10H2,1H3,(H,25,26)/b8-7+/t11-,15-,17-/m1/s1. The average Bonchev–Trinajstić information content (AvgIpc) is 3.23. The summed E-state index contributed by atoms with van der Waals surface area (Å²) in [5.41, 5.74) is 1.90. The highest BCUT2D eigenvalue weighted by Crippen LogP contribution is 2.47. The van der Waals surface area contributed by atoms with E-state index in [1.807, 2.05) is 36.4 Å². The van der Waals surface area contributed by atoms with E-state index < -0.39 is 18.0 Å². The Morgan fingerprint density at radius 2 is 2.07 bits per heavy atom. The normalized spacial score (nSPS) is 22.9. The lowest BCUT2D eigenvalue weighted by atomic mass is 9.83. The molecule has 1 fully saturated rings. The van der Waals surface area contributed by atoms with Gasteiger partial charge in [-0.1, -0.05) is 41.6 Å². The molecule has 2 aliphatic rings. The summed E-state index contributed by atoms with van der Waals surface area (Å²) >= 11 is 0. The van der Waals surface area contributed by atoms with Crippen LogP contribution in [-0.2, 0) is 9.59 Å². The Labute approximate surface area is 155 Å². The van der Waals surface area contributed by atoms with Crippen LogP contribution in [0.1, 0.15) is 30.4 Å². The lowest BCUT2D eigenvalue weighted by Crippen LogP contribution is -2.61. The van der Waals surface area contributed by atoms with Gasteiger partial charge in [-0.3, -0.25) is 4.79 Å². The molecule has 1 amide bonds. The van der Waals surface area contributed by atoms with Crippen molar-refractivity contribution in [2.24, 2.45) is 5.92 Å². The number of aliphatic hydroxyl groups is 1. The summed E-state index contributed by atoms with van der Waals surface area (Å²) < 4.78 is 5.35. The molecule has 0 radical (unpaired) electrons. The maximum absolute atomic E-state index is 12.3. The van der Waals surface area contributed by atoms with E-state index in [0.717, 1.165) is 5.56 Å². The smallest absolute Gasteiger partial charge is 0.353 e. The number of β-lactam (4-membered cyclic amide) rings is 1. The van der Waals surface area contributed by atoms with E-state index in [4.69, 9.17) is 4.52 Å². The van der Waals surface area contributed by atoms with E-state index >= 15 is 0 Å². The van der Waals surface area contributed by atoms with Gasteiger partial charge in [0.05, 0.1) is 18.1 Å². The van der Waals surface area contributed by atoms with Crippen LogP contribution in [0.2, 0.25) is 0 Å². The lowest BCUT2D eigenvalue weighted by Gasteiger charge is -2.44. The van der Waals surface area contributed by atoms with Crippen molar-refractivity contribution in [3.05, 3.63) is 59.1 Å². The Morgan fingerprint density at radius 1 is 1.33 bits per heavy atom. The van der Waals surface area contributed by atoms with Crippen LogP contribution in [0.15, 0.2) is 46.6 Å². The third-order valence-electron chi connectivity index (χ3n) is 5.00. The molecule has 138 valence electrons. The number of aliphatic hydroxyl groups excluding tert-OH is 1. The molecule has 2 N–H and O–H groups in total. The number of rotatable bonds is 5. The Morgan fingerprint density at radius 3 is 2.74 bits per heavy atom. The van der Waals surface area contributed by atoms with Gasteiger partial charge in [0.15, 0.2) is 5.76 Å². The number of hydrogen-bond acceptors (Lipinski definition) is 5. The maximum Gasteiger partial charge on any atom is 0.353 e. The molecule has 0 spiro atoms. The number of nitrogens with zero attached hydrogens (tertiary/aromatic N) is 2. The first-order valence-electron chi connectivity index (χ1n) is 8.65. The molecule has 4 rings (SSSR count). The predicted molar refractivity (Wildman–Crippen MR) is 96.9 cm³/mol. The minimum absolute atomic E-state index is 0.0864. The summed E-state index contributed by atoms with van der Waals surface area (Å²) in [6.07, 6.45) is 3.15. The van der Waals surface area contributed by atoms with E-state index in [2.05, 4.69) is 5.16 Å². The van der Waals surface area contributed by atoms with Crippen LogP contribution in [0.4, 0.5) is 0 Å². The van der Waals surface area contributed by atoms with E-state index in [-0.39, 0.29) is 17.6 Å². The van der Waals surface area contributed by atoms with E-state index in [0.29, 0.717) is 23.4 Å². The van der Waals surface area contributed by atoms with Crippen LogP contribution in [0.25, 0.3) is 17.7 Å². The molecule has 0 unspecified atom stereocenters. The number of carboxylic acid groups (broad SMARTS) is 1. The van der Waals surface area contributed by atoms with Crippen LogP contribution in [0.3, 0.4) is 0 Å². The maximum atomic E-state index is 12.3. The zero-order valence-electron chi connectivity index (χ0n) is 14.6. The molecule has 2 aliphatic heterocycles. The summed E-state index contributed by atoms with van der Waals surface area (Å²) in [5, 5.41) is 23.3. The Balaban J connectivity index is 1.62. The molecule has 7 heteroatoms. The Kier molecular flexibility index (Phi) is 4.16. The molecule has 3 atom stereocenters. The summed E-state index contributed by atoms with van der Waals surface area (Å²) in [7, 11) is 0. The number of carbonyl (C=O) groups excluding carboxylic acids is 1. The molecule has 1 aromatic heterocycles. The summed E-state index contributed by atoms with van der Waals surface area (Å²) in [5.74, 6) is -1.82. The number of fused-ring (bicyclic) bond motifs is 1. The van der Waals surface area contributed by atoms with Crippen molar-refractivity contribution < 1.29 is 24.3 Å². The van der Waals surface area contributed by atoms with Gasteiger partial charge in [0.1, 0.15) is 11.4 Å². The van der Waals surface area contributed by atoms with Crippen LogP contribution in [-0.4, -0.2) is 44.3 Å². The predicted octanol–water partition coefficient (Wildman–Crippen LogP) is 2.25. The minimum Gasteiger partial charge on any atom is -0.477 e. The molecule has 0 saturated carbocycles. The van der Waals surface area contributed by atoms with Crippen molar-refractivity contribution in [1.82, 2.24) is 10.1 Å². The third-order valence-corrected chi connectivity index (χ3v) is 5.00. The first-order chi connectivity index (χ1) is 13.0. The van der Waals surface area contributed by atoms with E-state index in [1.165, 1.54) is 4.90 Å². The number of amides is 1. The number of benzene rings is 1. The van der Waals surface area contributed by atoms with Crippen molar-refractivity contribution in [2.75, 3.05) is 0 Å². The lowest BCUT2D eigenvalue weighted by molar-refractivity contribution is -0.161. The van der Waals surface area contributed by atoms with Gasteiger partial charge in [0, 0.05) is 18.1 Å². The monoisotopic (exact) mass is 366 g/mol. The van der Waals surface area contributed by atoms with Crippen molar-refractivity contribution >= 4 is 29.6 Å². The summed E-state index contributed by atoms with van der Waals surface area (Å²) in [6.45, 7) is 1.54. The topological polar surface area (TPSA) is 104 Å². The molecule has 1 aromatic carbocycles. The second-order valence-electron chi connectivity index (χ2n) is 6.74. The molecular formula is C20H18N2O5. The first kappa shape index (κ1) is 17.2. The van der Waals surface area contributed by atoms with E-state index in [1.54, 1.807) is 19.1 Å². The van der Waals surface area contributed by atoms with Gasteiger partial charge in [-0.25, -0.2) is 4.79 Å². The SMILES string of the molecule is C[C@@H](O)[C@H]1C(=O)N2C(C(=O)O)=C(c3cc(/C=C/c4ccccc4)no3)C[C@H]12. The fourth-order valence-corrected chi connectivity index (χ4v) is 3.75. The van der Waals surface area contributed by atoms with Gasteiger partial charge in [-0.05, 0) is 18.6 Å². The van der Waals surface area contributed by atoms with Gasteiger partial charge in [-0.15, -0.1) is 0 Å². The molecular weight excluding hydrogens is 348 g/mol. The Hall–Kier alpha value is -3.19. The van der Waals surface area contributed by atoms with E-state index in [9.17, 15) is 19.8 Å². The van der Waals surface area contributed by atoms with Gasteiger partial charge in [0.25, 0.3) is 0 Å². The van der Waals surface area contributed by atoms with Crippen LogP contribution >= 0.6 is 0 Å². The molecule has 0 bridgehead atoms. The second kappa shape index (κ2) is 6.51. The number of carboxylic acids is 1. The summed E-state index contributed by atoms with van der Waals surface area (Å²) in [6, 6.07) is 11.0. The summed E-state index contributed by atoms with van der Waals surface area (Å²) in [4.78, 5) is 25.2. The van der Waals surface area contributed by atoms with Crippen LogP contribution in [0, 0.1) is 5.92 Å². The molecule has 2 aromatic rings. The van der Waals surface area contributed by atoms with Gasteiger partial charge >= 0.3 is 5.97 Å².